The predicted molar refractivity (Wildman–Crippen MR) is 146 cm³/mol. The van der Waals surface area contributed by atoms with E-state index in [9.17, 15) is 26.3 Å². The Balaban J connectivity index is 1.27. The van der Waals surface area contributed by atoms with Crippen molar-refractivity contribution in [2.24, 2.45) is 10.2 Å². The van der Waals surface area contributed by atoms with Gasteiger partial charge in [0.1, 0.15) is 12.1 Å². The number of alkyl halides is 6. The van der Waals surface area contributed by atoms with Crippen molar-refractivity contribution in [3.63, 3.8) is 0 Å². The first-order chi connectivity index (χ1) is 19.9. The summed E-state index contributed by atoms with van der Waals surface area (Å²) in [6.07, 6.45) is -6.67. The zero-order chi connectivity index (χ0) is 29.9. The number of anilines is 1. The molecule has 1 saturated heterocycles. The minimum atomic E-state index is -4.83. The maximum absolute atomic E-state index is 12.9. The number of aromatic nitrogens is 3. The molecule has 4 aromatic rings. The fraction of sp³-hybridized carbons (Fsp3) is 0.185. The molecule has 1 fully saturated rings. The number of halogens is 6. The molecule has 1 unspecified atom stereocenters. The van der Waals surface area contributed by atoms with E-state index in [-0.39, 0.29) is 23.2 Å². The van der Waals surface area contributed by atoms with Gasteiger partial charge in [-0.25, -0.2) is 9.67 Å². The van der Waals surface area contributed by atoms with Gasteiger partial charge in [0, 0.05) is 17.4 Å². The van der Waals surface area contributed by atoms with E-state index < -0.39 is 12.7 Å². The number of para-hydroxylation sites is 2. The van der Waals surface area contributed by atoms with Crippen LogP contribution in [0.15, 0.2) is 89.3 Å². The summed E-state index contributed by atoms with van der Waals surface area (Å²) < 4.78 is 85.4. The zero-order valence-electron chi connectivity index (χ0n) is 21.5. The van der Waals surface area contributed by atoms with Gasteiger partial charge in [0.15, 0.2) is 16.7 Å². The van der Waals surface area contributed by atoms with Crippen molar-refractivity contribution in [1.29, 1.82) is 0 Å². The van der Waals surface area contributed by atoms with Gasteiger partial charge in [-0.2, -0.15) is 5.10 Å². The fourth-order valence-electron chi connectivity index (χ4n) is 4.00. The number of nitrogens with zero attached hydrogens (tertiary/aromatic N) is 6. The van der Waals surface area contributed by atoms with Crippen molar-refractivity contribution >= 4 is 28.8 Å². The van der Waals surface area contributed by atoms with Crippen LogP contribution in [0.4, 0.5) is 32.0 Å². The molecule has 218 valence electrons. The molecule has 1 aliphatic rings. The summed E-state index contributed by atoms with van der Waals surface area (Å²) in [5.41, 5.74) is 2.11. The highest BCUT2D eigenvalue weighted by atomic mass is 32.2. The second-order valence-corrected chi connectivity index (χ2v) is 9.84. The van der Waals surface area contributed by atoms with Crippen LogP contribution < -0.4 is 14.4 Å². The highest BCUT2D eigenvalue weighted by Gasteiger charge is 2.36. The maximum atomic E-state index is 12.9. The van der Waals surface area contributed by atoms with Crippen LogP contribution in [0.5, 0.6) is 11.5 Å². The Hall–Kier alpha value is -4.53. The smallest absolute Gasteiger partial charge is 0.406 e. The van der Waals surface area contributed by atoms with Gasteiger partial charge in [-0.05, 0) is 48.9 Å². The SMILES string of the molecule is CC1CS/C(=N\N=C\c2ccc(-c3ncn(-c4ccc(OC(F)(F)F)cc4)n3)cc2)N1c1ccccc1OC(F)(F)F. The molecule has 0 amide bonds. The zero-order valence-corrected chi connectivity index (χ0v) is 22.4. The molecule has 0 N–H and O–H groups in total. The topological polar surface area (TPSA) is 77.1 Å². The highest BCUT2D eigenvalue weighted by Crippen LogP contribution is 2.38. The molecule has 1 aliphatic heterocycles. The Morgan fingerprint density at radius 3 is 2.29 bits per heavy atom. The lowest BCUT2D eigenvalue weighted by Crippen LogP contribution is -2.32. The predicted octanol–water partition coefficient (Wildman–Crippen LogP) is 7.06. The van der Waals surface area contributed by atoms with E-state index in [2.05, 4.69) is 29.8 Å². The van der Waals surface area contributed by atoms with Crippen molar-refractivity contribution in [2.75, 3.05) is 10.7 Å². The van der Waals surface area contributed by atoms with E-state index in [1.165, 1.54) is 71.5 Å². The first-order valence-electron chi connectivity index (χ1n) is 12.2. The van der Waals surface area contributed by atoms with Crippen LogP contribution in [-0.4, -0.2) is 50.7 Å². The van der Waals surface area contributed by atoms with Crippen LogP contribution in [0.2, 0.25) is 0 Å². The molecule has 1 aromatic heterocycles. The second-order valence-electron chi connectivity index (χ2n) is 8.85. The van der Waals surface area contributed by atoms with Crippen LogP contribution in [-0.2, 0) is 0 Å². The molecule has 5 rings (SSSR count). The average Bonchev–Trinajstić information content (AvgIpc) is 3.55. The third-order valence-corrected chi connectivity index (χ3v) is 6.98. The Morgan fingerprint density at radius 2 is 1.60 bits per heavy atom. The van der Waals surface area contributed by atoms with Gasteiger partial charge in [-0.1, -0.05) is 48.2 Å². The molecule has 0 saturated carbocycles. The summed E-state index contributed by atoms with van der Waals surface area (Å²) in [4.78, 5) is 5.92. The standard InChI is InChI=1S/C27H20F6N6O2S/c1-17-15-42-25(39(17)22-4-2-3-5-23(22)41-27(31,32)33)36-35-14-18-6-8-19(9-7-18)24-34-16-38(37-24)20-10-12-21(13-11-20)40-26(28,29)30/h2-14,16-17H,15H2,1H3/b35-14+,36-25-. The molecule has 3 aromatic carbocycles. The number of hydrogen-bond acceptors (Lipinski definition) is 7. The van der Waals surface area contributed by atoms with E-state index >= 15 is 0 Å². The molecule has 42 heavy (non-hydrogen) atoms. The van der Waals surface area contributed by atoms with Crippen molar-refractivity contribution in [1.82, 2.24) is 14.8 Å². The lowest BCUT2D eigenvalue weighted by molar-refractivity contribution is -0.275. The van der Waals surface area contributed by atoms with E-state index in [1.807, 2.05) is 6.92 Å². The normalized spacial score (nSPS) is 16.9. The fourth-order valence-corrected chi connectivity index (χ4v) is 5.06. The van der Waals surface area contributed by atoms with Gasteiger partial charge in [0.05, 0.1) is 17.6 Å². The third-order valence-electron chi connectivity index (χ3n) is 5.80. The maximum Gasteiger partial charge on any atom is 0.573 e. The number of ether oxygens (including phenoxy) is 2. The van der Waals surface area contributed by atoms with E-state index in [0.29, 0.717) is 33.6 Å². The Kier molecular flexibility index (Phi) is 8.11. The molecule has 0 bridgehead atoms. The largest absolute Gasteiger partial charge is 0.573 e. The lowest BCUT2D eigenvalue weighted by atomic mass is 10.1. The number of amidine groups is 1. The van der Waals surface area contributed by atoms with Gasteiger partial charge in [-0.3, -0.25) is 0 Å². The van der Waals surface area contributed by atoms with Crippen LogP contribution in [0.3, 0.4) is 0 Å². The third kappa shape index (κ3) is 7.21. The van der Waals surface area contributed by atoms with Crippen molar-refractivity contribution < 1.29 is 35.8 Å². The van der Waals surface area contributed by atoms with Crippen molar-refractivity contribution in [3.05, 3.63) is 84.7 Å². The summed E-state index contributed by atoms with van der Waals surface area (Å²) in [6, 6.07) is 18.0. The Bertz CT molecular complexity index is 1590. The molecule has 0 spiro atoms. The van der Waals surface area contributed by atoms with Crippen LogP contribution in [0.25, 0.3) is 17.1 Å². The summed E-state index contributed by atoms with van der Waals surface area (Å²) in [6.45, 7) is 1.87. The van der Waals surface area contributed by atoms with E-state index in [1.54, 1.807) is 35.2 Å². The Morgan fingerprint density at radius 1 is 0.905 bits per heavy atom. The number of rotatable bonds is 7. The Labute approximate surface area is 239 Å². The number of thioether (sulfide) groups is 1. The average molecular weight is 607 g/mol. The first kappa shape index (κ1) is 29.0. The van der Waals surface area contributed by atoms with E-state index in [0.717, 1.165) is 0 Å². The van der Waals surface area contributed by atoms with Gasteiger partial charge in [-0.15, -0.1) is 36.5 Å². The van der Waals surface area contributed by atoms with Crippen LogP contribution in [0.1, 0.15) is 12.5 Å². The number of hydrogen-bond donors (Lipinski definition) is 0. The molecule has 0 radical (unpaired) electrons. The molecule has 1 atom stereocenters. The number of benzene rings is 3. The van der Waals surface area contributed by atoms with Crippen LogP contribution in [0, 0.1) is 0 Å². The lowest BCUT2D eigenvalue weighted by Gasteiger charge is -2.25. The second kappa shape index (κ2) is 11.8. The minimum Gasteiger partial charge on any atom is -0.406 e. The molecular formula is C27H20F6N6O2S. The van der Waals surface area contributed by atoms with Gasteiger partial charge in [0.2, 0.25) is 0 Å². The van der Waals surface area contributed by atoms with Gasteiger partial charge >= 0.3 is 12.7 Å². The summed E-state index contributed by atoms with van der Waals surface area (Å²) in [5.74, 6) is 0.327. The van der Waals surface area contributed by atoms with Crippen molar-refractivity contribution in [3.8, 4) is 28.6 Å². The highest BCUT2D eigenvalue weighted by molar-refractivity contribution is 8.14. The molecule has 8 nitrogen and oxygen atoms in total. The quantitative estimate of drug-likeness (QED) is 0.127. The molecule has 2 heterocycles. The summed E-state index contributed by atoms with van der Waals surface area (Å²) in [7, 11) is 0. The van der Waals surface area contributed by atoms with E-state index in [4.69, 9.17) is 0 Å². The molecule has 15 heteroatoms. The van der Waals surface area contributed by atoms with Crippen LogP contribution >= 0.6 is 11.8 Å². The molecule has 0 aliphatic carbocycles. The van der Waals surface area contributed by atoms with Gasteiger partial charge < -0.3 is 14.4 Å². The monoisotopic (exact) mass is 606 g/mol. The molecular weight excluding hydrogens is 586 g/mol. The summed E-state index contributed by atoms with van der Waals surface area (Å²) in [5, 5.41) is 13.2. The minimum absolute atomic E-state index is 0.139. The van der Waals surface area contributed by atoms with Crippen molar-refractivity contribution in [2.45, 2.75) is 25.7 Å². The first-order valence-corrected chi connectivity index (χ1v) is 13.2. The summed E-state index contributed by atoms with van der Waals surface area (Å²) >= 11 is 1.37. The van der Waals surface area contributed by atoms with Gasteiger partial charge in [0.25, 0.3) is 0 Å².